The SMILES string of the molecule is CCCc1cnc(N2CCC(C3=NC(COc4ccc(S(C)(=O)=O)cc4)=CS3=O)CC2)nc1. The first-order valence-electron chi connectivity index (χ1n) is 11.0. The van der Waals surface area contributed by atoms with Crippen molar-refractivity contribution in [1.29, 1.82) is 0 Å². The maximum absolute atomic E-state index is 12.6. The van der Waals surface area contributed by atoms with Gasteiger partial charge in [0, 0.05) is 43.1 Å². The lowest BCUT2D eigenvalue weighted by atomic mass is 9.98. The fourth-order valence-corrected chi connectivity index (χ4v) is 5.81. The number of aryl methyl sites for hydroxylation is 1. The first-order valence-corrected chi connectivity index (χ1v) is 14.1. The van der Waals surface area contributed by atoms with Crippen LogP contribution in [-0.2, 0) is 27.1 Å². The van der Waals surface area contributed by atoms with Crippen molar-refractivity contribution in [3.8, 4) is 5.75 Å². The van der Waals surface area contributed by atoms with E-state index in [2.05, 4.69) is 26.8 Å². The molecule has 1 aromatic heterocycles. The van der Waals surface area contributed by atoms with Crippen molar-refractivity contribution in [2.75, 3.05) is 30.9 Å². The Balaban J connectivity index is 1.31. The van der Waals surface area contributed by atoms with Crippen LogP contribution in [0.15, 0.2) is 57.7 Å². The van der Waals surface area contributed by atoms with Gasteiger partial charge in [-0.05, 0) is 49.1 Å². The van der Waals surface area contributed by atoms with Crippen LogP contribution in [0.25, 0.3) is 0 Å². The lowest BCUT2D eigenvalue weighted by molar-refractivity contribution is 0.351. The van der Waals surface area contributed by atoms with Gasteiger partial charge in [0.05, 0.1) is 21.4 Å². The van der Waals surface area contributed by atoms with Crippen molar-refractivity contribution in [3.05, 3.63) is 53.3 Å². The number of anilines is 1. The van der Waals surface area contributed by atoms with Crippen LogP contribution in [0.1, 0.15) is 31.7 Å². The van der Waals surface area contributed by atoms with Gasteiger partial charge in [0.1, 0.15) is 17.4 Å². The van der Waals surface area contributed by atoms with E-state index < -0.39 is 20.6 Å². The standard InChI is InChI=1S/C23H28N4O4S2/c1-3-4-17-13-24-23(25-14-17)27-11-9-18(10-12-27)22-26-19(16-32(22)28)15-31-20-5-7-21(8-6-20)33(2,29)30/h5-8,13-14,16,18H,3-4,9-12,15H2,1-2H3. The summed E-state index contributed by atoms with van der Waals surface area (Å²) in [4.78, 5) is 16.0. The van der Waals surface area contributed by atoms with E-state index in [1.165, 1.54) is 18.4 Å². The molecule has 0 radical (unpaired) electrons. The summed E-state index contributed by atoms with van der Waals surface area (Å²) in [6.45, 7) is 3.92. The second-order valence-electron chi connectivity index (χ2n) is 8.29. The number of hydrogen-bond acceptors (Lipinski definition) is 8. The zero-order chi connectivity index (χ0) is 23.4. The van der Waals surface area contributed by atoms with Crippen LogP contribution in [-0.4, -0.2) is 53.6 Å². The van der Waals surface area contributed by atoms with Crippen molar-refractivity contribution in [3.63, 3.8) is 0 Å². The number of sulfone groups is 1. The largest absolute Gasteiger partial charge is 0.487 e. The van der Waals surface area contributed by atoms with Gasteiger partial charge in [-0.1, -0.05) is 13.3 Å². The number of ether oxygens (including phenoxy) is 1. The van der Waals surface area contributed by atoms with Crippen molar-refractivity contribution >= 4 is 31.6 Å². The van der Waals surface area contributed by atoms with Crippen LogP contribution < -0.4 is 9.64 Å². The minimum absolute atomic E-state index is 0.157. The molecule has 1 saturated heterocycles. The average Bonchev–Trinajstić information content (AvgIpc) is 3.19. The summed E-state index contributed by atoms with van der Waals surface area (Å²) >= 11 is 0. The molecule has 1 atom stereocenters. The molecule has 1 fully saturated rings. The van der Waals surface area contributed by atoms with Crippen LogP contribution >= 0.6 is 0 Å². The van der Waals surface area contributed by atoms with E-state index in [0.717, 1.165) is 50.3 Å². The third-order valence-corrected chi connectivity index (χ3v) is 8.15. The predicted octanol–water partition coefficient (Wildman–Crippen LogP) is 3.13. The first kappa shape index (κ1) is 23.6. The quantitative estimate of drug-likeness (QED) is 0.562. The Morgan fingerprint density at radius 1 is 1.12 bits per heavy atom. The van der Waals surface area contributed by atoms with Crippen LogP contribution in [0.5, 0.6) is 5.75 Å². The number of hydrogen-bond donors (Lipinski definition) is 0. The predicted molar refractivity (Wildman–Crippen MR) is 130 cm³/mol. The van der Waals surface area contributed by atoms with Crippen LogP contribution in [0.3, 0.4) is 0 Å². The Bertz CT molecular complexity index is 1170. The lowest BCUT2D eigenvalue weighted by Gasteiger charge is -2.31. The summed E-state index contributed by atoms with van der Waals surface area (Å²) in [5.74, 6) is 1.44. The maximum atomic E-state index is 12.6. The van der Waals surface area contributed by atoms with Crippen molar-refractivity contribution in [1.82, 2.24) is 9.97 Å². The molecule has 3 heterocycles. The number of piperidine rings is 1. The molecule has 10 heteroatoms. The van der Waals surface area contributed by atoms with E-state index in [1.807, 2.05) is 12.4 Å². The van der Waals surface area contributed by atoms with Crippen molar-refractivity contribution in [2.24, 2.45) is 10.9 Å². The fraction of sp³-hybridized carbons (Fsp3) is 0.435. The zero-order valence-corrected chi connectivity index (χ0v) is 20.4. The monoisotopic (exact) mass is 488 g/mol. The van der Waals surface area contributed by atoms with Gasteiger partial charge < -0.3 is 9.64 Å². The van der Waals surface area contributed by atoms with Crippen molar-refractivity contribution < 1.29 is 17.4 Å². The highest BCUT2D eigenvalue weighted by molar-refractivity contribution is 8.03. The van der Waals surface area contributed by atoms with Crippen LogP contribution in [0.4, 0.5) is 5.95 Å². The van der Waals surface area contributed by atoms with Gasteiger partial charge in [0.2, 0.25) is 5.95 Å². The van der Waals surface area contributed by atoms with Gasteiger partial charge in [-0.15, -0.1) is 0 Å². The normalized spacial score (nSPS) is 19.3. The highest BCUT2D eigenvalue weighted by Gasteiger charge is 2.30. The molecule has 2 aromatic rings. The van der Waals surface area contributed by atoms with E-state index >= 15 is 0 Å². The minimum atomic E-state index is -3.24. The average molecular weight is 489 g/mol. The number of aromatic nitrogens is 2. The molecule has 0 aliphatic carbocycles. The van der Waals surface area contributed by atoms with Gasteiger partial charge in [-0.25, -0.2) is 27.6 Å². The smallest absolute Gasteiger partial charge is 0.225 e. The number of rotatable bonds is 8. The van der Waals surface area contributed by atoms with Gasteiger partial charge in [-0.2, -0.15) is 0 Å². The number of benzene rings is 1. The van der Waals surface area contributed by atoms with Gasteiger partial charge in [-0.3, -0.25) is 0 Å². The Morgan fingerprint density at radius 3 is 2.39 bits per heavy atom. The lowest BCUT2D eigenvalue weighted by Crippen LogP contribution is -2.37. The molecule has 0 saturated carbocycles. The Kier molecular flexibility index (Phi) is 7.23. The molecule has 1 aromatic carbocycles. The molecule has 2 aliphatic heterocycles. The molecule has 176 valence electrons. The molecule has 0 N–H and O–H groups in total. The summed E-state index contributed by atoms with van der Waals surface area (Å²) in [5.41, 5.74) is 1.78. The van der Waals surface area contributed by atoms with Crippen LogP contribution in [0.2, 0.25) is 0 Å². The van der Waals surface area contributed by atoms with Gasteiger partial charge in [0.15, 0.2) is 9.84 Å². The molecule has 0 bridgehead atoms. The van der Waals surface area contributed by atoms with Crippen molar-refractivity contribution in [2.45, 2.75) is 37.5 Å². The van der Waals surface area contributed by atoms with E-state index in [-0.39, 0.29) is 17.4 Å². The van der Waals surface area contributed by atoms with Crippen LogP contribution in [0, 0.1) is 5.92 Å². The molecule has 4 rings (SSSR count). The summed E-state index contributed by atoms with van der Waals surface area (Å²) in [6, 6.07) is 6.24. The topological polar surface area (TPSA) is 102 Å². The van der Waals surface area contributed by atoms with E-state index in [1.54, 1.807) is 17.5 Å². The molecule has 2 aliphatic rings. The molecule has 0 amide bonds. The number of aliphatic imine (C=N–C) groups is 1. The second-order valence-corrected chi connectivity index (χ2v) is 11.6. The highest BCUT2D eigenvalue weighted by Crippen LogP contribution is 2.27. The molecule has 0 spiro atoms. The summed E-state index contributed by atoms with van der Waals surface area (Å²) in [6.07, 6.45) is 8.72. The molecule has 1 unspecified atom stereocenters. The van der Waals surface area contributed by atoms with Gasteiger partial charge >= 0.3 is 0 Å². The summed E-state index contributed by atoms with van der Waals surface area (Å²) in [5, 5.41) is 2.35. The third-order valence-electron chi connectivity index (χ3n) is 5.70. The molecular formula is C23H28N4O4S2. The zero-order valence-electron chi connectivity index (χ0n) is 18.8. The highest BCUT2D eigenvalue weighted by atomic mass is 32.2. The summed E-state index contributed by atoms with van der Waals surface area (Å²) < 4.78 is 41.5. The summed E-state index contributed by atoms with van der Waals surface area (Å²) in [7, 11) is -4.49. The molecular weight excluding hydrogens is 460 g/mol. The van der Waals surface area contributed by atoms with Gasteiger partial charge in [0.25, 0.3) is 0 Å². The first-order chi connectivity index (χ1) is 15.8. The second kappa shape index (κ2) is 10.1. The third kappa shape index (κ3) is 5.86. The van der Waals surface area contributed by atoms with E-state index in [0.29, 0.717) is 16.5 Å². The van der Waals surface area contributed by atoms with E-state index in [9.17, 15) is 12.6 Å². The molecule has 33 heavy (non-hydrogen) atoms. The Labute approximate surface area is 197 Å². The molecule has 8 nitrogen and oxygen atoms in total. The Hall–Kier alpha value is -2.59. The fourth-order valence-electron chi connectivity index (χ4n) is 3.91. The number of nitrogens with zero attached hydrogens (tertiary/aromatic N) is 4. The van der Waals surface area contributed by atoms with E-state index in [4.69, 9.17) is 4.74 Å². The maximum Gasteiger partial charge on any atom is 0.225 e. The minimum Gasteiger partial charge on any atom is -0.487 e. The Morgan fingerprint density at radius 2 is 1.79 bits per heavy atom.